The Morgan fingerprint density at radius 2 is 2.06 bits per heavy atom. The first kappa shape index (κ1) is 12.7. The Morgan fingerprint density at radius 1 is 1.22 bits per heavy atom. The molecular weight excluding hydrogens is 222 g/mol. The third-order valence-corrected chi connectivity index (χ3v) is 2.95. The summed E-state index contributed by atoms with van der Waals surface area (Å²) in [5.74, 6) is 1.21. The summed E-state index contributed by atoms with van der Waals surface area (Å²) in [4.78, 5) is 4.39. The predicted molar refractivity (Wildman–Crippen MR) is 75.8 cm³/mol. The second-order valence-corrected chi connectivity index (χ2v) is 4.43. The van der Waals surface area contributed by atoms with Crippen molar-refractivity contribution in [2.24, 2.45) is 0 Å². The van der Waals surface area contributed by atoms with Crippen molar-refractivity contribution in [3.05, 3.63) is 48.5 Å². The minimum Gasteiger partial charge on any atom is -0.385 e. The maximum Gasteiger partial charge on any atom is 0.108 e. The molecule has 18 heavy (non-hydrogen) atoms. The van der Waals surface area contributed by atoms with Gasteiger partial charge in [-0.05, 0) is 25.0 Å². The largest absolute Gasteiger partial charge is 0.385 e. The number of aryl methyl sites for hydroxylation is 2. The Morgan fingerprint density at radius 3 is 2.83 bits per heavy atom. The van der Waals surface area contributed by atoms with Gasteiger partial charge < -0.3 is 9.88 Å². The summed E-state index contributed by atoms with van der Waals surface area (Å²) < 4.78 is 2.26. The third kappa shape index (κ3) is 3.62. The van der Waals surface area contributed by atoms with E-state index >= 15 is 0 Å². The topological polar surface area (TPSA) is 29.9 Å². The number of rotatable bonds is 7. The van der Waals surface area contributed by atoms with Gasteiger partial charge in [-0.1, -0.05) is 25.1 Å². The highest BCUT2D eigenvalue weighted by atomic mass is 15.1. The molecule has 0 radical (unpaired) electrons. The number of aromatic nitrogens is 2. The standard InChI is InChI=1S/C15H21N3/c1-2-7-15-17-11-13-18(15)12-6-10-16-14-8-4-3-5-9-14/h3-5,8-9,11,13,16H,2,6-7,10,12H2,1H3. The zero-order valence-corrected chi connectivity index (χ0v) is 11.0. The van der Waals surface area contributed by atoms with E-state index in [-0.39, 0.29) is 0 Å². The molecule has 0 spiro atoms. The van der Waals surface area contributed by atoms with Crippen LogP contribution in [0.25, 0.3) is 0 Å². The van der Waals surface area contributed by atoms with Crippen LogP contribution in [-0.2, 0) is 13.0 Å². The van der Waals surface area contributed by atoms with Gasteiger partial charge >= 0.3 is 0 Å². The molecule has 3 nitrogen and oxygen atoms in total. The van der Waals surface area contributed by atoms with Crippen molar-refractivity contribution in [2.45, 2.75) is 32.7 Å². The average molecular weight is 243 g/mol. The lowest BCUT2D eigenvalue weighted by Gasteiger charge is -2.08. The first-order chi connectivity index (χ1) is 8.90. The van der Waals surface area contributed by atoms with Crippen LogP contribution in [0, 0.1) is 0 Å². The molecule has 0 amide bonds. The Labute approximate surface area is 109 Å². The second-order valence-electron chi connectivity index (χ2n) is 4.43. The summed E-state index contributed by atoms with van der Waals surface area (Å²) in [6.45, 7) is 4.22. The minimum absolute atomic E-state index is 0.994. The van der Waals surface area contributed by atoms with Crippen LogP contribution < -0.4 is 5.32 Å². The molecule has 0 aliphatic heterocycles. The molecule has 2 aromatic rings. The third-order valence-electron chi connectivity index (χ3n) is 2.95. The van der Waals surface area contributed by atoms with E-state index in [2.05, 4.69) is 52.3 Å². The molecule has 1 heterocycles. The van der Waals surface area contributed by atoms with Crippen LogP contribution in [0.15, 0.2) is 42.7 Å². The van der Waals surface area contributed by atoms with E-state index in [0.717, 1.165) is 32.4 Å². The van der Waals surface area contributed by atoms with Gasteiger partial charge in [-0.25, -0.2) is 4.98 Å². The van der Waals surface area contributed by atoms with Gasteiger partial charge in [-0.3, -0.25) is 0 Å². The van der Waals surface area contributed by atoms with Crippen LogP contribution >= 0.6 is 0 Å². The predicted octanol–water partition coefficient (Wildman–Crippen LogP) is 3.34. The van der Waals surface area contributed by atoms with E-state index in [1.165, 1.54) is 11.5 Å². The molecule has 0 fully saturated rings. The number of anilines is 1. The number of nitrogens with one attached hydrogen (secondary N) is 1. The summed E-state index contributed by atoms with van der Waals surface area (Å²) >= 11 is 0. The molecule has 0 aliphatic rings. The van der Waals surface area contributed by atoms with Gasteiger partial charge in [0.25, 0.3) is 0 Å². The number of hydrogen-bond donors (Lipinski definition) is 1. The van der Waals surface area contributed by atoms with Gasteiger partial charge in [0, 0.05) is 37.6 Å². The number of benzene rings is 1. The number of imidazole rings is 1. The normalized spacial score (nSPS) is 10.5. The van der Waals surface area contributed by atoms with Gasteiger partial charge in [-0.2, -0.15) is 0 Å². The summed E-state index contributed by atoms with van der Waals surface area (Å²) in [5.41, 5.74) is 1.19. The van der Waals surface area contributed by atoms with E-state index in [9.17, 15) is 0 Å². The van der Waals surface area contributed by atoms with E-state index in [1.54, 1.807) is 0 Å². The minimum atomic E-state index is 0.994. The SMILES string of the molecule is CCCc1nccn1CCCNc1ccccc1. The van der Waals surface area contributed by atoms with Crippen LogP contribution in [0.5, 0.6) is 0 Å². The molecule has 1 N–H and O–H groups in total. The van der Waals surface area contributed by atoms with Crippen LogP contribution in [0.2, 0.25) is 0 Å². The van der Waals surface area contributed by atoms with Gasteiger partial charge in [0.05, 0.1) is 0 Å². The number of para-hydroxylation sites is 1. The van der Waals surface area contributed by atoms with Crippen molar-refractivity contribution in [1.82, 2.24) is 9.55 Å². The van der Waals surface area contributed by atoms with Crippen molar-refractivity contribution in [3.63, 3.8) is 0 Å². The number of nitrogens with zero attached hydrogens (tertiary/aromatic N) is 2. The van der Waals surface area contributed by atoms with Gasteiger partial charge in [0.1, 0.15) is 5.82 Å². The lowest BCUT2D eigenvalue weighted by molar-refractivity contribution is 0.619. The Hall–Kier alpha value is -1.77. The average Bonchev–Trinajstić information content (AvgIpc) is 2.84. The Balaban J connectivity index is 1.73. The van der Waals surface area contributed by atoms with E-state index in [4.69, 9.17) is 0 Å². The zero-order valence-electron chi connectivity index (χ0n) is 11.0. The van der Waals surface area contributed by atoms with E-state index in [0.29, 0.717) is 0 Å². The molecule has 1 aromatic carbocycles. The number of hydrogen-bond acceptors (Lipinski definition) is 2. The molecular formula is C15H21N3. The fourth-order valence-corrected chi connectivity index (χ4v) is 2.03. The van der Waals surface area contributed by atoms with Crippen LogP contribution in [-0.4, -0.2) is 16.1 Å². The first-order valence-corrected chi connectivity index (χ1v) is 6.69. The first-order valence-electron chi connectivity index (χ1n) is 6.69. The highest BCUT2D eigenvalue weighted by molar-refractivity contribution is 5.42. The highest BCUT2D eigenvalue weighted by Gasteiger charge is 2.00. The van der Waals surface area contributed by atoms with Crippen molar-refractivity contribution in [2.75, 3.05) is 11.9 Å². The van der Waals surface area contributed by atoms with Crippen molar-refractivity contribution in [3.8, 4) is 0 Å². The molecule has 0 atom stereocenters. The molecule has 0 saturated heterocycles. The maximum absolute atomic E-state index is 4.39. The molecule has 96 valence electrons. The molecule has 0 unspecified atom stereocenters. The quantitative estimate of drug-likeness (QED) is 0.756. The summed E-state index contributed by atoms with van der Waals surface area (Å²) in [7, 11) is 0. The fourth-order valence-electron chi connectivity index (χ4n) is 2.03. The zero-order chi connectivity index (χ0) is 12.6. The molecule has 3 heteroatoms. The van der Waals surface area contributed by atoms with E-state index < -0.39 is 0 Å². The molecule has 0 bridgehead atoms. The Bertz CT molecular complexity index is 448. The van der Waals surface area contributed by atoms with Crippen molar-refractivity contribution < 1.29 is 0 Å². The smallest absolute Gasteiger partial charge is 0.108 e. The van der Waals surface area contributed by atoms with Crippen LogP contribution in [0.4, 0.5) is 5.69 Å². The van der Waals surface area contributed by atoms with Gasteiger partial charge in [0.2, 0.25) is 0 Å². The van der Waals surface area contributed by atoms with Gasteiger partial charge in [-0.15, -0.1) is 0 Å². The fraction of sp³-hybridized carbons (Fsp3) is 0.400. The second kappa shape index (κ2) is 6.84. The molecule has 2 rings (SSSR count). The molecule has 0 aliphatic carbocycles. The Kier molecular flexibility index (Phi) is 4.82. The van der Waals surface area contributed by atoms with Crippen LogP contribution in [0.1, 0.15) is 25.6 Å². The van der Waals surface area contributed by atoms with Crippen LogP contribution in [0.3, 0.4) is 0 Å². The lowest BCUT2D eigenvalue weighted by Crippen LogP contribution is -2.08. The summed E-state index contributed by atoms with van der Waals surface area (Å²) in [6, 6.07) is 10.3. The summed E-state index contributed by atoms with van der Waals surface area (Å²) in [6.07, 6.45) is 7.31. The lowest BCUT2D eigenvalue weighted by atomic mass is 10.3. The monoisotopic (exact) mass is 243 g/mol. The molecule has 0 saturated carbocycles. The van der Waals surface area contributed by atoms with Crippen molar-refractivity contribution in [1.29, 1.82) is 0 Å². The van der Waals surface area contributed by atoms with Gasteiger partial charge in [0.15, 0.2) is 0 Å². The van der Waals surface area contributed by atoms with E-state index in [1.807, 2.05) is 12.3 Å². The molecule has 1 aromatic heterocycles. The van der Waals surface area contributed by atoms with Crippen molar-refractivity contribution >= 4 is 5.69 Å². The summed E-state index contributed by atoms with van der Waals surface area (Å²) in [5, 5.41) is 3.42. The maximum atomic E-state index is 4.39. The highest BCUT2D eigenvalue weighted by Crippen LogP contribution is 2.06.